The molecule has 0 radical (unpaired) electrons. The first-order chi connectivity index (χ1) is 24.8. The van der Waals surface area contributed by atoms with Crippen LogP contribution in [0.3, 0.4) is 0 Å². The van der Waals surface area contributed by atoms with Crippen LogP contribution in [0.25, 0.3) is 100 Å². The van der Waals surface area contributed by atoms with Crippen molar-refractivity contribution < 1.29 is 8.83 Å². The topological polar surface area (TPSA) is 65.0 Å². The van der Waals surface area contributed by atoms with Crippen molar-refractivity contribution in [3.63, 3.8) is 0 Å². The third-order valence-corrected chi connectivity index (χ3v) is 9.37. The quantitative estimate of drug-likeness (QED) is 0.187. The molecule has 0 aliphatic carbocycles. The summed E-state index contributed by atoms with van der Waals surface area (Å²) >= 11 is 0. The van der Waals surface area contributed by atoms with Crippen LogP contribution in [0.4, 0.5) is 0 Å². The summed E-state index contributed by atoms with van der Waals surface area (Å²) in [5.41, 5.74) is 10.5. The van der Waals surface area contributed by atoms with Gasteiger partial charge in [-0.1, -0.05) is 127 Å². The lowest BCUT2D eigenvalue weighted by molar-refractivity contribution is 0.668. The molecular weight excluding hydrogens is 615 g/mol. The highest BCUT2D eigenvalue weighted by Crippen LogP contribution is 2.43. The molecule has 0 N–H and O–H groups in total. The van der Waals surface area contributed by atoms with Crippen LogP contribution in [0, 0.1) is 0 Å². The van der Waals surface area contributed by atoms with Gasteiger partial charge in [-0.2, -0.15) is 0 Å². The molecule has 0 aliphatic rings. The number of hydrogen-bond donors (Lipinski definition) is 0. The Morgan fingerprint density at radius 1 is 0.300 bits per heavy atom. The van der Waals surface area contributed by atoms with Crippen molar-refractivity contribution >= 4 is 43.9 Å². The molecule has 10 aromatic rings. The average molecular weight is 642 g/mol. The summed E-state index contributed by atoms with van der Waals surface area (Å²) < 4.78 is 12.7. The molecule has 0 unspecified atom stereocenters. The van der Waals surface area contributed by atoms with E-state index in [2.05, 4.69) is 78.9 Å². The number of rotatable bonds is 5. The summed E-state index contributed by atoms with van der Waals surface area (Å²) in [5, 5.41) is 4.07. The molecule has 234 valence electrons. The maximum Gasteiger partial charge on any atom is 0.164 e. The Kier molecular flexibility index (Phi) is 6.42. The zero-order valence-electron chi connectivity index (χ0n) is 26.7. The fourth-order valence-electron chi connectivity index (χ4n) is 7.07. The van der Waals surface area contributed by atoms with Crippen LogP contribution in [0.2, 0.25) is 0 Å². The Morgan fingerprint density at radius 2 is 0.820 bits per heavy atom. The first kappa shape index (κ1) is 28.2. The number of para-hydroxylation sites is 1. The highest BCUT2D eigenvalue weighted by atomic mass is 16.3. The van der Waals surface area contributed by atoms with Crippen LogP contribution >= 0.6 is 0 Å². The van der Waals surface area contributed by atoms with Gasteiger partial charge in [-0.05, 0) is 58.7 Å². The van der Waals surface area contributed by atoms with Crippen molar-refractivity contribution in [2.75, 3.05) is 0 Å². The summed E-state index contributed by atoms with van der Waals surface area (Å²) in [6.45, 7) is 0. The molecule has 5 nitrogen and oxygen atoms in total. The second-order valence-corrected chi connectivity index (χ2v) is 12.4. The van der Waals surface area contributed by atoms with Gasteiger partial charge < -0.3 is 8.83 Å². The van der Waals surface area contributed by atoms with Crippen molar-refractivity contribution in [1.82, 2.24) is 15.0 Å². The Morgan fingerprint density at radius 3 is 1.60 bits per heavy atom. The Labute approximate surface area is 287 Å². The zero-order chi connectivity index (χ0) is 33.0. The predicted molar refractivity (Wildman–Crippen MR) is 202 cm³/mol. The van der Waals surface area contributed by atoms with E-state index in [0.29, 0.717) is 17.5 Å². The SMILES string of the molecule is c1ccc(-c2nc(-c3ccc4oc5ccccc5c4c3)nc(-c3cccc4oc5cccc(-c6ccccc6-c6ccccc6)c5c34)n2)cc1. The fraction of sp³-hybridized carbons (Fsp3) is 0. The maximum atomic E-state index is 6.55. The summed E-state index contributed by atoms with van der Waals surface area (Å²) in [5.74, 6) is 1.76. The second kappa shape index (κ2) is 11.4. The molecule has 50 heavy (non-hydrogen) atoms. The van der Waals surface area contributed by atoms with Crippen LogP contribution in [-0.4, -0.2) is 15.0 Å². The van der Waals surface area contributed by atoms with Crippen molar-refractivity contribution in [3.8, 4) is 56.4 Å². The van der Waals surface area contributed by atoms with E-state index in [1.807, 2.05) is 84.9 Å². The van der Waals surface area contributed by atoms with Crippen LogP contribution < -0.4 is 0 Å². The molecule has 3 aromatic heterocycles. The smallest absolute Gasteiger partial charge is 0.164 e. The van der Waals surface area contributed by atoms with Gasteiger partial charge in [0.25, 0.3) is 0 Å². The molecule has 0 saturated heterocycles. The minimum atomic E-state index is 0.574. The van der Waals surface area contributed by atoms with Gasteiger partial charge in [0.1, 0.15) is 22.3 Å². The van der Waals surface area contributed by atoms with Gasteiger partial charge in [0.05, 0.1) is 0 Å². The van der Waals surface area contributed by atoms with Crippen molar-refractivity contribution in [1.29, 1.82) is 0 Å². The van der Waals surface area contributed by atoms with E-state index in [9.17, 15) is 0 Å². The first-order valence-corrected chi connectivity index (χ1v) is 16.6. The molecule has 5 heteroatoms. The second-order valence-electron chi connectivity index (χ2n) is 12.4. The highest BCUT2D eigenvalue weighted by molar-refractivity contribution is 6.18. The third-order valence-electron chi connectivity index (χ3n) is 9.37. The summed E-state index contributed by atoms with van der Waals surface area (Å²) in [4.78, 5) is 15.3. The number of fused-ring (bicyclic) bond motifs is 6. The standard InChI is InChI=1S/C45H27N3O2/c1-3-13-28(14-4-1)31-17-7-8-18-32(31)34-20-11-23-39-41(34)42-35(21-12-24-40(42)50-39)45-47-43(29-15-5-2-6-16-29)46-44(48-45)30-25-26-38-36(27-30)33-19-9-10-22-37(33)49-38/h1-27H. The van der Waals surface area contributed by atoms with Crippen LogP contribution in [-0.2, 0) is 0 Å². The lowest BCUT2D eigenvalue weighted by atomic mass is 9.91. The minimum Gasteiger partial charge on any atom is -0.456 e. The van der Waals surface area contributed by atoms with Gasteiger partial charge in [-0.25, -0.2) is 15.0 Å². The van der Waals surface area contributed by atoms with E-state index in [1.54, 1.807) is 0 Å². The van der Waals surface area contributed by atoms with E-state index in [0.717, 1.165) is 82.8 Å². The lowest BCUT2D eigenvalue weighted by Crippen LogP contribution is -2.00. The molecule has 0 spiro atoms. The molecule has 0 saturated carbocycles. The molecule has 0 bridgehead atoms. The van der Waals surface area contributed by atoms with E-state index < -0.39 is 0 Å². The summed E-state index contributed by atoms with van der Waals surface area (Å²) in [6, 6.07) is 55.7. The Bertz CT molecular complexity index is 2870. The van der Waals surface area contributed by atoms with Crippen molar-refractivity contribution in [3.05, 3.63) is 164 Å². The number of benzene rings is 7. The van der Waals surface area contributed by atoms with Crippen molar-refractivity contribution in [2.45, 2.75) is 0 Å². The highest BCUT2D eigenvalue weighted by Gasteiger charge is 2.21. The molecule has 3 heterocycles. The summed E-state index contributed by atoms with van der Waals surface area (Å²) in [7, 11) is 0. The fourth-order valence-corrected chi connectivity index (χ4v) is 7.07. The molecule has 0 atom stereocenters. The van der Waals surface area contributed by atoms with Gasteiger partial charge >= 0.3 is 0 Å². The van der Waals surface area contributed by atoms with Gasteiger partial charge in [0, 0.05) is 38.2 Å². The monoisotopic (exact) mass is 641 g/mol. The van der Waals surface area contributed by atoms with E-state index in [4.69, 9.17) is 23.8 Å². The number of hydrogen-bond acceptors (Lipinski definition) is 5. The van der Waals surface area contributed by atoms with E-state index >= 15 is 0 Å². The Hall–Kier alpha value is -6.85. The lowest BCUT2D eigenvalue weighted by Gasteiger charge is -2.12. The zero-order valence-corrected chi connectivity index (χ0v) is 26.7. The normalized spacial score (nSPS) is 11.6. The molecule has 0 amide bonds. The predicted octanol–water partition coefficient (Wildman–Crippen LogP) is 12.0. The molecule has 0 aliphatic heterocycles. The van der Waals surface area contributed by atoms with Gasteiger partial charge in [0.2, 0.25) is 0 Å². The number of aromatic nitrogens is 3. The molecule has 0 fully saturated rings. The average Bonchev–Trinajstić information content (AvgIpc) is 3.77. The number of furan rings is 2. The first-order valence-electron chi connectivity index (χ1n) is 16.6. The molecule has 10 rings (SSSR count). The number of nitrogens with zero attached hydrogens (tertiary/aromatic N) is 3. The van der Waals surface area contributed by atoms with Crippen LogP contribution in [0.5, 0.6) is 0 Å². The van der Waals surface area contributed by atoms with E-state index in [-0.39, 0.29) is 0 Å². The summed E-state index contributed by atoms with van der Waals surface area (Å²) in [6.07, 6.45) is 0. The molecular formula is C45H27N3O2. The van der Waals surface area contributed by atoms with Crippen LogP contribution in [0.15, 0.2) is 173 Å². The third kappa shape index (κ3) is 4.60. The largest absolute Gasteiger partial charge is 0.456 e. The Balaban J connectivity index is 1.23. The van der Waals surface area contributed by atoms with E-state index in [1.165, 1.54) is 0 Å². The molecule has 7 aromatic carbocycles. The van der Waals surface area contributed by atoms with Gasteiger partial charge in [-0.3, -0.25) is 0 Å². The minimum absolute atomic E-state index is 0.574. The van der Waals surface area contributed by atoms with Crippen molar-refractivity contribution in [2.24, 2.45) is 0 Å². The van der Waals surface area contributed by atoms with Gasteiger partial charge in [0.15, 0.2) is 17.5 Å². The maximum absolute atomic E-state index is 6.55. The van der Waals surface area contributed by atoms with Gasteiger partial charge in [-0.15, -0.1) is 0 Å². The van der Waals surface area contributed by atoms with Crippen LogP contribution in [0.1, 0.15) is 0 Å².